The van der Waals surface area contributed by atoms with Gasteiger partial charge >= 0.3 is 0 Å². The van der Waals surface area contributed by atoms with Gasteiger partial charge in [-0.3, -0.25) is 19.6 Å². The van der Waals surface area contributed by atoms with Crippen molar-refractivity contribution in [3.05, 3.63) is 30.0 Å². The lowest BCUT2D eigenvalue weighted by molar-refractivity contribution is -0.132. The van der Waals surface area contributed by atoms with Gasteiger partial charge in [0.2, 0.25) is 11.8 Å². The Hall–Kier alpha value is -2.41. The molecule has 1 unspecified atom stereocenters. The molecule has 1 aromatic heterocycles. The van der Waals surface area contributed by atoms with Crippen molar-refractivity contribution in [1.29, 1.82) is 0 Å². The first kappa shape index (κ1) is 18.4. The summed E-state index contributed by atoms with van der Waals surface area (Å²) in [6.07, 6.45) is 3.50. The van der Waals surface area contributed by atoms with E-state index < -0.39 is 0 Å². The topological polar surface area (TPSA) is 95.3 Å². The number of amides is 2. The van der Waals surface area contributed by atoms with Gasteiger partial charge in [0.15, 0.2) is 0 Å². The quantitative estimate of drug-likeness (QED) is 0.777. The number of rotatable bonds is 7. The van der Waals surface area contributed by atoms with Crippen molar-refractivity contribution in [2.45, 2.75) is 26.2 Å². The predicted molar refractivity (Wildman–Crippen MR) is 100 cm³/mol. The third-order valence-electron chi connectivity index (χ3n) is 4.98. The fourth-order valence-corrected chi connectivity index (χ4v) is 3.59. The van der Waals surface area contributed by atoms with Gasteiger partial charge in [-0.15, -0.1) is 0 Å². The highest BCUT2D eigenvalue weighted by molar-refractivity contribution is 5.79. The molecule has 140 valence electrons. The molecule has 1 saturated heterocycles. The number of nitrogens with one attached hydrogen (secondary N) is 1. The lowest BCUT2D eigenvalue weighted by atomic mass is 10.1. The molecular weight excluding hydrogens is 330 g/mol. The maximum absolute atomic E-state index is 12.5. The zero-order chi connectivity index (χ0) is 18.5. The number of nitrogens with two attached hydrogens (primary N) is 1. The van der Waals surface area contributed by atoms with Gasteiger partial charge in [-0.1, -0.05) is 13.0 Å². The van der Waals surface area contributed by atoms with E-state index in [4.69, 9.17) is 5.73 Å². The van der Waals surface area contributed by atoms with Crippen molar-refractivity contribution in [3.63, 3.8) is 0 Å². The Morgan fingerprint density at radius 1 is 1.27 bits per heavy atom. The average molecular weight is 357 g/mol. The molecule has 26 heavy (non-hydrogen) atoms. The Bertz CT molecular complexity index is 764. The van der Waals surface area contributed by atoms with E-state index in [0.29, 0.717) is 12.8 Å². The Balaban J connectivity index is 1.42. The molecule has 7 heteroatoms. The van der Waals surface area contributed by atoms with E-state index in [1.54, 1.807) is 6.20 Å². The van der Waals surface area contributed by atoms with E-state index in [1.807, 2.05) is 24.0 Å². The predicted octanol–water partition coefficient (Wildman–Crippen LogP) is 1.15. The largest absolute Gasteiger partial charge is 0.370 e. The van der Waals surface area contributed by atoms with Crippen LogP contribution in [-0.4, -0.2) is 64.5 Å². The first-order valence-electron chi connectivity index (χ1n) is 9.21. The number of primary amides is 1. The number of H-pyrrole nitrogens is 1. The van der Waals surface area contributed by atoms with E-state index in [-0.39, 0.29) is 17.7 Å². The molecule has 2 heterocycles. The Morgan fingerprint density at radius 3 is 2.77 bits per heavy atom. The van der Waals surface area contributed by atoms with Crippen molar-refractivity contribution in [1.82, 2.24) is 20.0 Å². The number of carbonyl (C=O) groups is 2. The number of fused-ring (bicyclic) bond motifs is 1. The highest BCUT2D eigenvalue weighted by Gasteiger charge is 2.22. The molecule has 1 aliphatic rings. The van der Waals surface area contributed by atoms with Gasteiger partial charge in [-0.25, -0.2) is 0 Å². The van der Waals surface area contributed by atoms with Crippen molar-refractivity contribution in [3.8, 4) is 0 Å². The third kappa shape index (κ3) is 4.82. The van der Waals surface area contributed by atoms with Crippen LogP contribution in [0.3, 0.4) is 0 Å². The molecule has 0 aliphatic carbocycles. The first-order chi connectivity index (χ1) is 12.5. The van der Waals surface area contributed by atoms with Crippen LogP contribution >= 0.6 is 0 Å². The number of aryl methyl sites for hydroxylation is 1. The Morgan fingerprint density at radius 2 is 2.04 bits per heavy atom. The summed E-state index contributed by atoms with van der Waals surface area (Å²) in [5.74, 6) is 0.217. The zero-order valence-electron chi connectivity index (χ0n) is 15.3. The maximum atomic E-state index is 12.5. The Kier molecular flexibility index (Phi) is 5.88. The zero-order valence-corrected chi connectivity index (χ0v) is 15.3. The summed E-state index contributed by atoms with van der Waals surface area (Å²) >= 11 is 0. The maximum Gasteiger partial charge on any atom is 0.222 e. The molecule has 2 aromatic rings. The van der Waals surface area contributed by atoms with Gasteiger partial charge < -0.3 is 10.6 Å². The molecule has 1 aromatic carbocycles. The van der Waals surface area contributed by atoms with E-state index >= 15 is 0 Å². The second kappa shape index (κ2) is 8.31. The number of aromatic nitrogens is 2. The van der Waals surface area contributed by atoms with Crippen molar-refractivity contribution >= 4 is 22.7 Å². The Labute approximate surface area is 153 Å². The number of nitrogens with zero attached hydrogens (tertiary/aromatic N) is 3. The number of carbonyl (C=O) groups excluding carboxylic acids is 2. The van der Waals surface area contributed by atoms with Gasteiger partial charge in [-0.05, 0) is 30.0 Å². The lowest BCUT2D eigenvalue weighted by Gasteiger charge is -2.36. The van der Waals surface area contributed by atoms with Crippen LogP contribution in [0.5, 0.6) is 0 Å². The highest BCUT2D eigenvalue weighted by atomic mass is 16.2. The molecule has 1 atom stereocenters. The summed E-state index contributed by atoms with van der Waals surface area (Å²) in [6.45, 7) is 6.12. The summed E-state index contributed by atoms with van der Waals surface area (Å²) in [7, 11) is 0. The van der Waals surface area contributed by atoms with Crippen LogP contribution in [-0.2, 0) is 16.0 Å². The highest BCUT2D eigenvalue weighted by Crippen LogP contribution is 2.15. The minimum absolute atomic E-state index is 0.210. The molecule has 0 radical (unpaired) electrons. The minimum atomic E-state index is -0.250. The van der Waals surface area contributed by atoms with Crippen LogP contribution in [0.15, 0.2) is 24.4 Å². The van der Waals surface area contributed by atoms with Gasteiger partial charge in [-0.2, -0.15) is 5.10 Å². The summed E-state index contributed by atoms with van der Waals surface area (Å²) in [5.41, 5.74) is 7.42. The summed E-state index contributed by atoms with van der Waals surface area (Å²) < 4.78 is 0. The van der Waals surface area contributed by atoms with E-state index in [9.17, 15) is 9.59 Å². The molecule has 7 nitrogen and oxygen atoms in total. The number of benzene rings is 1. The van der Waals surface area contributed by atoms with E-state index in [1.165, 1.54) is 0 Å². The van der Waals surface area contributed by atoms with Crippen LogP contribution in [0.4, 0.5) is 0 Å². The summed E-state index contributed by atoms with van der Waals surface area (Å²) in [5, 5.41) is 8.04. The van der Waals surface area contributed by atoms with Crippen molar-refractivity contribution in [2.75, 3.05) is 32.7 Å². The smallest absolute Gasteiger partial charge is 0.222 e. The van der Waals surface area contributed by atoms with Gasteiger partial charge in [0, 0.05) is 51.0 Å². The van der Waals surface area contributed by atoms with Gasteiger partial charge in [0.1, 0.15) is 0 Å². The van der Waals surface area contributed by atoms with Crippen molar-refractivity contribution < 1.29 is 9.59 Å². The van der Waals surface area contributed by atoms with E-state index in [2.05, 4.69) is 21.2 Å². The molecular formula is C19H27N5O2. The standard InChI is InChI=1S/C19H27N5O2/c1-14(10-18(20)25)13-23-6-8-24(9-7-23)19(26)5-3-15-2-4-17-16(11-15)12-21-22-17/h2,4,11-12,14H,3,5-10,13H2,1H3,(H2,20,25)(H,21,22). The molecule has 3 rings (SSSR count). The number of aromatic amines is 1. The minimum Gasteiger partial charge on any atom is -0.370 e. The second-order valence-electron chi connectivity index (χ2n) is 7.25. The first-order valence-corrected chi connectivity index (χ1v) is 9.21. The number of piperazine rings is 1. The SMILES string of the molecule is CC(CC(N)=O)CN1CCN(C(=O)CCc2ccc3[nH]ncc3c2)CC1. The van der Waals surface area contributed by atoms with Crippen LogP contribution in [0.25, 0.3) is 10.9 Å². The van der Waals surface area contributed by atoms with Gasteiger partial charge in [0.05, 0.1) is 11.7 Å². The molecule has 1 aliphatic heterocycles. The molecule has 0 spiro atoms. The molecule has 3 N–H and O–H groups in total. The van der Waals surface area contributed by atoms with E-state index in [0.717, 1.165) is 55.6 Å². The third-order valence-corrected chi connectivity index (χ3v) is 4.98. The van der Waals surface area contributed by atoms with Crippen LogP contribution in [0.2, 0.25) is 0 Å². The number of hydrogen-bond acceptors (Lipinski definition) is 4. The fourth-order valence-electron chi connectivity index (χ4n) is 3.59. The molecule has 2 amide bonds. The molecule has 0 bridgehead atoms. The van der Waals surface area contributed by atoms with Crippen LogP contribution in [0, 0.1) is 5.92 Å². The normalized spacial score (nSPS) is 16.7. The summed E-state index contributed by atoms with van der Waals surface area (Å²) in [4.78, 5) is 27.7. The fraction of sp³-hybridized carbons (Fsp3) is 0.526. The number of hydrogen-bond donors (Lipinski definition) is 2. The molecule has 1 fully saturated rings. The monoisotopic (exact) mass is 357 g/mol. The second-order valence-corrected chi connectivity index (χ2v) is 7.25. The van der Waals surface area contributed by atoms with Gasteiger partial charge in [0.25, 0.3) is 0 Å². The van der Waals surface area contributed by atoms with Crippen LogP contribution < -0.4 is 5.73 Å². The lowest BCUT2D eigenvalue weighted by Crippen LogP contribution is -2.49. The van der Waals surface area contributed by atoms with Crippen LogP contribution in [0.1, 0.15) is 25.3 Å². The molecule has 0 saturated carbocycles. The van der Waals surface area contributed by atoms with Crippen molar-refractivity contribution in [2.24, 2.45) is 11.7 Å². The average Bonchev–Trinajstić information content (AvgIpc) is 3.07. The summed E-state index contributed by atoms with van der Waals surface area (Å²) in [6, 6.07) is 6.14.